The van der Waals surface area contributed by atoms with E-state index < -0.39 is 0 Å². The lowest BCUT2D eigenvalue weighted by Crippen LogP contribution is -2.22. The highest BCUT2D eigenvalue weighted by atomic mass is 16.5. The largest absolute Gasteiger partial charge is 0.462 e. The molecule has 0 heterocycles. The highest BCUT2D eigenvalue weighted by molar-refractivity contribution is 5.69. The number of carbonyl (C=O) groups excluding carboxylic acids is 1. The van der Waals surface area contributed by atoms with Gasteiger partial charge in [-0.15, -0.1) is 0 Å². The first kappa shape index (κ1) is 33.5. The fraction of sp³-hybridized carbons (Fsp3) is 0.970. The van der Waals surface area contributed by atoms with Gasteiger partial charge in [0, 0.05) is 6.54 Å². The minimum absolute atomic E-state index is 0.00315. The number of hydrogen-bond acceptors (Lipinski definition) is 3. The van der Waals surface area contributed by atoms with E-state index >= 15 is 0 Å². The molecule has 3 atom stereocenters. The van der Waals surface area contributed by atoms with Gasteiger partial charge in [-0.25, -0.2) is 0 Å². The Morgan fingerprint density at radius 1 is 0.667 bits per heavy atom. The quantitative estimate of drug-likeness (QED) is 0.0818. The molecule has 1 aliphatic rings. The van der Waals surface area contributed by atoms with Gasteiger partial charge in [0.1, 0.15) is 6.10 Å². The summed E-state index contributed by atoms with van der Waals surface area (Å²) >= 11 is 0. The van der Waals surface area contributed by atoms with Crippen LogP contribution in [-0.2, 0) is 9.53 Å². The maximum Gasteiger partial charge on any atom is 0.307 e. The normalized spacial score (nSPS) is 18.0. The monoisotopic (exact) mass is 508 g/mol. The molecule has 214 valence electrons. The molecule has 0 aromatic rings. The van der Waals surface area contributed by atoms with E-state index in [4.69, 9.17) is 4.74 Å². The summed E-state index contributed by atoms with van der Waals surface area (Å²) in [5.74, 6) is 2.14. The number of unbranched alkanes of at least 4 members (excludes halogenated alkanes) is 15. The summed E-state index contributed by atoms with van der Waals surface area (Å²) in [7, 11) is 4.03. The summed E-state index contributed by atoms with van der Waals surface area (Å²) in [6.45, 7) is 5.36. The Bertz CT molecular complexity index is 492. The third-order valence-corrected chi connectivity index (χ3v) is 8.29. The average Bonchev–Trinajstić information content (AvgIpc) is 3.61. The lowest BCUT2D eigenvalue weighted by Gasteiger charge is -2.19. The van der Waals surface area contributed by atoms with Crippen LogP contribution < -0.4 is 0 Å². The Labute approximate surface area is 226 Å². The molecule has 1 aliphatic carbocycles. The van der Waals surface area contributed by atoms with Gasteiger partial charge in [0.2, 0.25) is 0 Å². The van der Waals surface area contributed by atoms with Gasteiger partial charge in [0.05, 0.1) is 6.42 Å². The molecule has 36 heavy (non-hydrogen) atoms. The number of nitrogens with zero attached hydrogens (tertiary/aromatic N) is 1. The first-order valence-electron chi connectivity index (χ1n) is 16.4. The predicted molar refractivity (Wildman–Crippen MR) is 158 cm³/mol. The summed E-state index contributed by atoms with van der Waals surface area (Å²) < 4.78 is 5.92. The van der Waals surface area contributed by atoms with E-state index in [9.17, 15) is 4.79 Å². The molecule has 1 fully saturated rings. The van der Waals surface area contributed by atoms with Crippen LogP contribution in [0.3, 0.4) is 0 Å². The number of carbonyl (C=O) groups is 1. The molecule has 0 aliphatic heterocycles. The number of ether oxygens (including phenoxy) is 1. The van der Waals surface area contributed by atoms with E-state index in [-0.39, 0.29) is 12.1 Å². The predicted octanol–water partition coefficient (Wildman–Crippen LogP) is 10.1. The van der Waals surface area contributed by atoms with Gasteiger partial charge in [-0.2, -0.15) is 0 Å². The zero-order chi connectivity index (χ0) is 26.3. The molecule has 0 bridgehead atoms. The zero-order valence-corrected chi connectivity index (χ0v) is 25.2. The minimum atomic E-state index is -0.00315. The molecule has 1 saturated carbocycles. The maximum atomic E-state index is 12.3. The van der Waals surface area contributed by atoms with Crippen molar-refractivity contribution in [3.8, 4) is 0 Å². The van der Waals surface area contributed by atoms with Crippen LogP contribution in [0.1, 0.15) is 168 Å². The van der Waals surface area contributed by atoms with E-state index in [0.29, 0.717) is 6.42 Å². The third kappa shape index (κ3) is 20.5. The fourth-order valence-corrected chi connectivity index (χ4v) is 5.66. The van der Waals surface area contributed by atoms with Gasteiger partial charge in [-0.05, 0) is 58.0 Å². The van der Waals surface area contributed by atoms with E-state index in [1.54, 1.807) is 0 Å². The minimum Gasteiger partial charge on any atom is -0.462 e. The van der Waals surface area contributed by atoms with Crippen molar-refractivity contribution in [2.75, 3.05) is 20.6 Å². The summed E-state index contributed by atoms with van der Waals surface area (Å²) in [4.78, 5) is 14.4. The van der Waals surface area contributed by atoms with Gasteiger partial charge in [-0.3, -0.25) is 4.79 Å². The SMILES string of the molecule is CCCCCCCCC[C@H](CCCCCCC[C@@H]1C[C@H]1CCCCCCCC)OC(=O)CCN(C)C. The van der Waals surface area contributed by atoms with E-state index in [2.05, 4.69) is 18.7 Å². The van der Waals surface area contributed by atoms with Crippen molar-refractivity contribution in [1.82, 2.24) is 4.90 Å². The summed E-state index contributed by atoms with van der Waals surface area (Å²) in [5, 5.41) is 0. The number of rotatable bonds is 27. The second kappa shape index (κ2) is 23.5. The summed E-state index contributed by atoms with van der Waals surface area (Å²) in [6.07, 6.45) is 31.9. The topological polar surface area (TPSA) is 29.5 Å². The van der Waals surface area contributed by atoms with Crippen LogP contribution in [-0.4, -0.2) is 37.6 Å². The summed E-state index contributed by atoms with van der Waals surface area (Å²) in [6, 6.07) is 0. The first-order valence-corrected chi connectivity index (χ1v) is 16.4. The fourth-order valence-electron chi connectivity index (χ4n) is 5.66. The van der Waals surface area contributed by atoms with E-state index in [1.165, 1.54) is 135 Å². The molecule has 1 rings (SSSR count). The number of hydrogen-bond donors (Lipinski definition) is 0. The molecule has 0 N–H and O–H groups in total. The van der Waals surface area contributed by atoms with Gasteiger partial charge >= 0.3 is 5.97 Å². The van der Waals surface area contributed by atoms with Crippen molar-refractivity contribution in [2.24, 2.45) is 11.8 Å². The van der Waals surface area contributed by atoms with Crippen molar-refractivity contribution in [1.29, 1.82) is 0 Å². The highest BCUT2D eigenvalue weighted by Gasteiger charge is 2.35. The Hall–Kier alpha value is -0.570. The van der Waals surface area contributed by atoms with Crippen LogP contribution in [0.25, 0.3) is 0 Å². The van der Waals surface area contributed by atoms with Crippen LogP contribution in [0.4, 0.5) is 0 Å². The Balaban J connectivity index is 2.07. The lowest BCUT2D eigenvalue weighted by molar-refractivity contribution is -0.150. The molecule has 0 aromatic carbocycles. The van der Waals surface area contributed by atoms with Crippen LogP contribution in [0.15, 0.2) is 0 Å². The summed E-state index contributed by atoms with van der Waals surface area (Å²) in [5.41, 5.74) is 0. The zero-order valence-electron chi connectivity index (χ0n) is 25.2. The van der Waals surface area contributed by atoms with E-state index in [1.807, 2.05) is 14.1 Å². The maximum absolute atomic E-state index is 12.3. The van der Waals surface area contributed by atoms with Gasteiger partial charge in [-0.1, -0.05) is 129 Å². The van der Waals surface area contributed by atoms with Crippen LogP contribution >= 0.6 is 0 Å². The Morgan fingerprint density at radius 3 is 1.53 bits per heavy atom. The third-order valence-electron chi connectivity index (χ3n) is 8.29. The smallest absolute Gasteiger partial charge is 0.307 e. The molecule has 3 nitrogen and oxygen atoms in total. The average molecular weight is 508 g/mol. The van der Waals surface area contributed by atoms with Crippen molar-refractivity contribution in [2.45, 2.75) is 174 Å². The second-order valence-corrected chi connectivity index (χ2v) is 12.2. The van der Waals surface area contributed by atoms with Crippen LogP contribution in [0, 0.1) is 11.8 Å². The first-order chi connectivity index (χ1) is 17.6. The molecule has 0 spiro atoms. The molecule has 3 heteroatoms. The molecular weight excluding hydrogens is 442 g/mol. The molecular formula is C33H65NO2. The lowest BCUT2D eigenvalue weighted by atomic mass is 10.0. The standard InChI is InChI=1S/C33H65NO2/c1-5-7-9-11-13-17-21-25-32(36-33(35)27-28-34(3)4)26-22-18-14-16-20-24-31-29-30(31)23-19-15-12-10-8-6-2/h30-32H,5-29H2,1-4H3/t30-,31-,32-/m1/s1. The van der Waals surface area contributed by atoms with Crippen molar-refractivity contribution in [3.63, 3.8) is 0 Å². The molecule has 0 amide bonds. The van der Waals surface area contributed by atoms with Crippen LogP contribution in [0.2, 0.25) is 0 Å². The van der Waals surface area contributed by atoms with Crippen molar-refractivity contribution in [3.05, 3.63) is 0 Å². The second-order valence-electron chi connectivity index (χ2n) is 12.2. The van der Waals surface area contributed by atoms with Crippen molar-refractivity contribution < 1.29 is 9.53 Å². The van der Waals surface area contributed by atoms with E-state index in [0.717, 1.165) is 31.2 Å². The molecule has 0 radical (unpaired) electrons. The molecule has 0 aromatic heterocycles. The highest BCUT2D eigenvalue weighted by Crippen LogP contribution is 2.45. The van der Waals surface area contributed by atoms with Gasteiger partial charge in [0.25, 0.3) is 0 Å². The Morgan fingerprint density at radius 2 is 1.08 bits per heavy atom. The van der Waals surface area contributed by atoms with Crippen LogP contribution in [0.5, 0.6) is 0 Å². The molecule has 0 saturated heterocycles. The van der Waals surface area contributed by atoms with Crippen molar-refractivity contribution >= 4 is 5.97 Å². The van der Waals surface area contributed by atoms with Gasteiger partial charge < -0.3 is 9.64 Å². The van der Waals surface area contributed by atoms with Gasteiger partial charge in [0.15, 0.2) is 0 Å². The Kier molecular flexibility index (Phi) is 21.9. The molecule has 0 unspecified atom stereocenters. The number of esters is 1.